The number of ketones is 1. The number of aromatic nitrogens is 2. The minimum absolute atomic E-state index is 0.0549. The second kappa shape index (κ2) is 7.94. The van der Waals surface area contributed by atoms with E-state index < -0.39 is 0 Å². The average Bonchev–Trinajstić information content (AvgIpc) is 3.27. The first-order valence-corrected chi connectivity index (χ1v) is 9.17. The van der Waals surface area contributed by atoms with E-state index in [0.29, 0.717) is 23.5 Å². The highest BCUT2D eigenvalue weighted by Gasteiger charge is 2.11. The molecule has 24 heavy (non-hydrogen) atoms. The summed E-state index contributed by atoms with van der Waals surface area (Å²) in [6, 6.07) is 13.0. The van der Waals surface area contributed by atoms with E-state index in [1.807, 2.05) is 35.7 Å². The van der Waals surface area contributed by atoms with Gasteiger partial charge in [0.25, 0.3) is 0 Å². The van der Waals surface area contributed by atoms with Gasteiger partial charge in [0.15, 0.2) is 10.8 Å². The normalized spacial score (nSPS) is 10.5. The fraction of sp³-hybridized carbons (Fsp3) is 0.176. The number of hydrogen-bond acceptors (Lipinski definition) is 6. The molecule has 1 aromatic carbocycles. The van der Waals surface area contributed by atoms with Crippen molar-refractivity contribution in [3.63, 3.8) is 0 Å². The first-order valence-electron chi connectivity index (χ1n) is 7.48. The van der Waals surface area contributed by atoms with Crippen LogP contribution in [0.1, 0.15) is 29.6 Å². The predicted molar refractivity (Wildman–Crippen MR) is 96.5 cm³/mol. The molecule has 3 rings (SSSR count). The largest absolute Gasteiger partial charge is 0.301 e. The summed E-state index contributed by atoms with van der Waals surface area (Å²) in [4.78, 5) is 24.9. The number of anilines is 1. The van der Waals surface area contributed by atoms with Gasteiger partial charge in [0.05, 0.1) is 4.88 Å². The number of thiophene rings is 1. The molecule has 7 heteroatoms. The van der Waals surface area contributed by atoms with Crippen molar-refractivity contribution in [2.75, 3.05) is 5.32 Å². The van der Waals surface area contributed by atoms with Crippen LogP contribution in [-0.4, -0.2) is 21.9 Å². The number of nitrogens with one attached hydrogen (secondary N) is 1. The number of nitrogens with zero attached hydrogens (tertiary/aromatic N) is 2. The predicted octanol–water partition coefficient (Wildman–Crippen LogP) is 4.26. The van der Waals surface area contributed by atoms with Gasteiger partial charge in [0, 0.05) is 18.4 Å². The van der Waals surface area contributed by atoms with Crippen molar-refractivity contribution >= 4 is 39.5 Å². The Morgan fingerprint density at radius 2 is 1.83 bits per heavy atom. The van der Waals surface area contributed by atoms with Crippen molar-refractivity contribution in [3.05, 3.63) is 53.4 Å². The summed E-state index contributed by atoms with van der Waals surface area (Å²) in [6.07, 6.45) is 1.15. The van der Waals surface area contributed by atoms with Crippen LogP contribution in [0.2, 0.25) is 0 Å². The van der Waals surface area contributed by atoms with Gasteiger partial charge in [-0.3, -0.25) is 9.59 Å². The van der Waals surface area contributed by atoms with E-state index in [4.69, 9.17) is 0 Å². The second-order valence-corrected chi connectivity index (χ2v) is 7.01. The molecule has 122 valence electrons. The molecule has 0 aliphatic rings. The molecule has 1 N–H and O–H groups in total. The Bertz CT molecular complexity index is 814. The fourth-order valence-electron chi connectivity index (χ4n) is 2.13. The van der Waals surface area contributed by atoms with Crippen LogP contribution < -0.4 is 5.32 Å². The zero-order valence-corrected chi connectivity index (χ0v) is 14.4. The van der Waals surface area contributed by atoms with Gasteiger partial charge in [-0.05, 0) is 17.9 Å². The van der Waals surface area contributed by atoms with Gasteiger partial charge in [0.2, 0.25) is 11.0 Å². The van der Waals surface area contributed by atoms with Crippen LogP contribution in [0.3, 0.4) is 0 Å². The third kappa shape index (κ3) is 4.33. The topological polar surface area (TPSA) is 72.0 Å². The lowest BCUT2D eigenvalue weighted by Gasteiger charge is -2.02. The Morgan fingerprint density at radius 3 is 2.58 bits per heavy atom. The highest BCUT2D eigenvalue weighted by molar-refractivity contribution is 7.23. The molecule has 0 aliphatic carbocycles. The van der Waals surface area contributed by atoms with Crippen molar-refractivity contribution in [1.82, 2.24) is 10.2 Å². The van der Waals surface area contributed by atoms with E-state index in [9.17, 15) is 9.59 Å². The Balaban J connectivity index is 1.45. The van der Waals surface area contributed by atoms with Gasteiger partial charge in [-0.2, -0.15) is 0 Å². The lowest BCUT2D eigenvalue weighted by molar-refractivity contribution is -0.116. The molecule has 0 atom stereocenters. The molecule has 0 aliphatic heterocycles. The minimum atomic E-state index is -0.148. The third-order valence-electron chi connectivity index (χ3n) is 3.31. The highest BCUT2D eigenvalue weighted by atomic mass is 32.1. The minimum Gasteiger partial charge on any atom is -0.301 e. The van der Waals surface area contributed by atoms with Gasteiger partial charge in [-0.1, -0.05) is 47.7 Å². The molecule has 5 nitrogen and oxygen atoms in total. The Hall–Kier alpha value is -2.38. The average molecular weight is 357 g/mol. The van der Waals surface area contributed by atoms with E-state index >= 15 is 0 Å². The number of hydrogen-bond donors (Lipinski definition) is 1. The number of carbonyl (C=O) groups is 2. The summed E-state index contributed by atoms with van der Waals surface area (Å²) in [5, 5.41) is 14.0. The zero-order valence-electron chi connectivity index (χ0n) is 12.8. The number of Topliss-reactive ketones (excluding diaryl/α,β-unsaturated/α-hetero) is 1. The van der Waals surface area contributed by atoms with Crippen LogP contribution in [0, 0.1) is 0 Å². The molecule has 2 heterocycles. The summed E-state index contributed by atoms with van der Waals surface area (Å²) >= 11 is 2.93. The Labute approximate surface area is 147 Å². The second-order valence-electron chi connectivity index (χ2n) is 5.08. The van der Waals surface area contributed by atoms with Gasteiger partial charge in [-0.15, -0.1) is 21.5 Å². The molecule has 0 saturated carbocycles. The van der Waals surface area contributed by atoms with Crippen molar-refractivity contribution in [2.24, 2.45) is 0 Å². The summed E-state index contributed by atoms with van der Waals surface area (Å²) in [5.74, 6) is -0.0935. The number of rotatable bonds is 7. The molecular formula is C17H15N3O2S2. The number of carbonyl (C=O) groups excluding carboxylic acids is 2. The zero-order chi connectivity index (χ0) is 16.8. The number of benzene rings is 1. The first kappa shape index (κ1) is 16.5. The monoisotopic (exact) mass is 357 g/mol. The molecule has 1 amide bonds. The van der Waals surface area contributed by atoms with Gasteiger partial charge >= 0.3 is 0 Å². The standard InChI is InChI=1S/C17H15N3O2S2/c21-13(12-6-2-1-3-7-12)8-4-10-15(22)18-17-20-19-16(24-17)14-9-5-11-23-14/h1-3,5-7,9,11H,4,8,10H2,(H,18,20,22). The lowest BCUT2D eigenvalue weighted by Crippen LogP contribution is -2.11. The SMILES string of the molecule is O=C(CCCC(=O)c1ccccc1)Nc1nnc(-c2cccs2)s1. The fourth-order valence-corrected chi connectivity index (χ4v) is 3.69. The highest BCUT2D eigenvalue weighted by Crippen LogP contribution is 2.29. The Morgan fingerprint density at radius 1 is 1.00 bits per heavy atom. The summed E-state index contributed by atoms with van der Waals surface area (Å²) in [7, 11) is 0. The van der Waals surface area contributed by atoms with Crippen molar-refractivity contribution in [1.29, 1.82) is 0 Å². The quantitative estimate of drug-likeness (QED) is 0.641. The van der Waals surface area contributed by atoms with Crippen LogP contribution in [0.4, 0.5) is 5.13 Å². The Kier molecular flexibility index (Phi) is 5.45. The molecule has 2 aromatic heterocycles. The summed E-state index contributed by atoms with van der Waals surface area (Å²) in [5.41, 5.74) is 0.683. The van der Waals surface area contributed by atoms with Crippen LogP contribution in [0.15, 0.2) is 47.8 Å². The van der Waals surface area contributed by atoms with Crippen molar-refractivity contribution in [2.45, 2.75) is 19.3 Å². The summed E-state index contributed by atoms with van der Waals surface area (Å²) in [6.45, 7) is 0. The number of amides is 1. The smallest absolute Gasteiger partial charge is 0.226 e. The van der Waals surface area contributed by atoms with Gasteiger partial charge in [-0.25, -0.2) is 0 Å². The lowest BCUT2D eigenvalue weighted by atomic mass is 10.1. The maximum atomic E-state index is 12.0. The van der Waals surface area contributed by atoms with Crippen molar-refractivity contribution < 1.29 is 9.59 Å². The molecule has 0 saturated heterocycles. The van der Waals surface area contributed by atoms with E-state index in [-0.39, 0.29) is 18.1 Å². The maximum Gasteiger partial charge on any atom is 0.226 e. The maximum absolute atomic E-state index is 12.0. The summed E-state index contributed by atoms with van der Waals surface area (Å²) < 4.78 is 0. The van der Waals surface area contributed by atoms with Gasteiger partial charge in [0.1, 0.15) is 0 Å². The van der Waals surface area contributed by atoms with Gasteiger partial charge < -0.3 is 5.32 Å². The van der Waals surface area contributed by atoms with Crippen molar-refractivity contribution in [3.8, 4) is 9.88 Å². The van der Waals surface area contributed by atoms with Crippen LogP contribution in [0.25, 0.3) is 9.88 Å². The van der Waals surface area contributed by atoms with Crippen LogP contribution in [0.5, 0.6) is 0 Å². The molecular weight excluding hydrogens is 342 g/mol. The van der Waals surface area contributed by atoms with E-state index in [1.165, 1.54) is 11.3 Å². The van der Waals surface area contributed by atoms with E-state index in [2.05, 4.69) is 15.5 Å². The van der Waals surface area contributed by atoms with E-state index in [1.54, 1.807) is 23.5 Å². The molecule has 0 unspecified atom stereocenters. The first-order chi connectivity index (χ1) is 11.7. The third-order valence-corrected chi connectivity index (χ3v) is 5.18. The van der Waals surface area contributed by atoms with E-state index in [0.717, 1.165) is 9.88 Å². The van der Waals surface area contributed by atoms with Crippen LogP contribution in [-0.2, 0) is 4.79 Å². The van der Waals surface area contributed by atoms with Crippen LogP contribution >= 0.6 is 22.7 Å². The molecule has 0 bridgehead atoms. The molecule has 0 fully saturated rings. The molecule has 3 aromatic rings. The molecule has 0 radical (unpaired) electrons. The molecule has 0 spiro atoms.